The molecule has 1 atom stereocenters. The minimum Gasteiger partial charge on any atom is -0.370 e. The van der Waals surface area contributed by atoms with E-state index in [4.69, 9.17) is 11.5 Å². The minimum absolute atomic E-state index is 0.199. The van der Waals surface area contributed by atoms with Crippen molar-refractivity contribution in [3.05, 3.63) is 42.7 Å². The van der Waals surface area contributed by atoms with E-state index in [2.05, 4.69) is 10.4 Å². The zero-order valence-corrected chi connectivity index (χ0v) is 10.7. The number of nitrogens with two attached hydrogens (primary N) is 2. The Morgan fingerprint density at radius 1 is 1.30 bits per heavy atom. The molecule has 0 aliphatic heterocycles. The Kier molecular flexibility index (Phi) is 4.11. The second kappa shape index (κ2) is 5.98. The number of carbonyl (C=O) groups is 2. The third-order valence-corrected chi connectivity index (χ3v) is 2.67. The molecular weight excluding hydrogens is 258 g/mol. The highest BCUT2D eigenvalue weighted by molar-refractivity contribution is 5.98. The molecule has 104 valence electrons. The first kappa shape index (κ1) is 13.8. The van der Waals surface area contributed by atoms with Crippen LogP contribution in [-0.2, 0) is 9.59 Å². The van der Waals surface area contributed by atoms with Gasteiger partial charge in [-0.05, 0) is 18.2 Å². The number of anilines is 1. The molecule has 2 amide bonds. The van der Waals surface area contributed by atoms with Crippen LogP contribution >= 0.6 is 0 Å². The quantitative estimate of drug-likeness (QED) is 0.711. The first-order chi connectivity index (χ1) is 9.58. The van der Waals surface area contributed by atoms with Crippen molar-refractivity contribution in [2.45, 2.75) is 12.5 Å². The first-order valence-corrected chi connectivity index (χ1v) is 6.01. The predicted molar refractivity (Wildman–Crippen MR) is 74.0 cm³/mol. The van der Waals surface area contributed by atoms with Gasteiger partial charge in [0.2, 0.25) is 11.8 Å². The van der Waals surface area contributed by atoms with Crippen molar-refractivity contribution in [2.24, 2.45) is 11.5 Å². The standard InChI is InChI=1S/C13H15N5O2/c14-9(8-12(15)19)13(20)17-10-4-1-2-5-11(10)18-7-3-6-16-18/h1-7,9H,8,14H2,(H2,15,19)(H,17,20). The van der Waals surface area contributed by atoms with E-state index in [1.165, 1.54) is 0 Å². The van der Waals surface area contributed by atoms with Gasteiger partial charge in [0.1, 0.15) is 0 Å². The number of aromatic nitrogens is 2. The minimum atomic E-state index is -0.974. The van der Waals surface area contributed by atoms with Gasteiger partial charge in [0.15, 0.2) is 0 Å². The number of primary amides is 1. The maximum Gasteiger partial charge on any atom is 0.241 e. The van der Waals surface area contributed by atoms with Gasteiger partial charge in [-0.3, -0.25) is 9.59 Å². The van der Waals surface area contributed by atoms with Gasteiger partial charge in [-0.25, -0.2) is 4.68 Å². The second-order valence-electron chi connectivity index (χ2n) is 4.23. The highest BCUT2D eigenvalue weighted by Gasteiger charge is 2.17. The van der Waals surface area contributed by atoms with E-state index in [1.54, 1.807) is 35.3 Å². The summed E-state index contributed by atoms with van der Waals surface area (Å²) in [5.74, 6) is -1.09. The molecule has 20 heavy (non-hydrogen) atoms. The number of hydrogen-bond acceptors (Lipinski definition) is 4. The lowest BCUT2D eigenvalue weighted by Crippen LogP contribution is -2.39. The Morgan fingerprint density at radius 2 is 2.05 bits per heavy atom. The van der Waals surface area contributed by atoms with E-state index in [9.17, 15) is 9.59 Å². The van der Waals surface area contributed by atoms with Gasteiger partial charge >= 0.3 is 0 Å². The molecule has 0 bridgehead atoms. The highest BCUT2D eigenvalue weighted by Crippen LogP contribution is 2.19. The van der Waals surface area contributed by atoms with Crippen molar-refractivity contribution in [3.63, 3.8) is 0 Å². The SMILES string of the molecule is NC(=O)CC(N)C(=O)Nc1ccccc1-n1cccn1. The number of carbonyl (C=O) groups excluding carboxylic acids is 2. The Hall–Kier alpha value is -2.67. The highest BCUT2D eigenvalue weighted by atomic mass is 16.2. The molecule has 1 heterocycles. The van der Waals surface area contributed by atoms with Crippen molar-refractivity contribution >= 4 is 17.5 Å². The van der Waals surface area contributed by atoms with Crippen LogP contribution < -0.4 is 16.8 Å². The van der Waals surface area contributed by atoms with Crippen LogP contribution in [0.3, 0.4) is 0 Å². The number of benzene rings is 1. The smallest absolute Gasteiger partial charge is 0.241 e. The summed E-state index contributed by atoms with van der Waals surface area (Å²) < 4.78 is 1.62. The number of hydrogen-bond donors (Lipinski definition) is 3. The maximum absolute atomic E-state index is 11.9. The van der Waals surface area contributed by atoms with Crippen molar-refractivity contribution in [2.75, 3.05) is 5.32 Å². The summed E-state index contributed by atoms with van der Waals surface area (Å²) in [6.45, 7) is 0. The topological polar surface area (TPSA) is 116 Å². The van der Waals surface area contributed by atoms with Gasteiger partial charge in [0.25, 0.3) is 0 Å². The van der Waals surface area contributed by atoms with E-state index < -0.39 is 17.9 Å². The van der Waals surface area contributed by atoms with Gasteiger partial charge in [0, 0.05) is 12.4 Å². The first-order valence-electron chi connectivity index (χ1n) is 6.01. The molecule has 0 aliphatic rings. The zero-order valence-electron chi connectivity index (χ0n) is 10.7. The maximum atomic E-state index is 11.9. The number of para-hydroxylation sites is 2. The molecule has 0 saturated heterocycles. The largest absolute Gasteiger partial charge is 0.370 e. The summed E-state index contributed by atoms with van der Waals surface area (Å²) in [6, 6.07) is 7.95. The molecule has 1 aromatic carbocycles. The van der Waals surface area contributed by atoms with Gasteiger partial charge in [0.05, 0.1) is 23.8 Å². The van der Waals surface area contributed by atoms with Crippen LogP contribution in [-0.4, -0.2) is 27.6 Å². The van der Waals surface area contributed by atoms with Crippen LogP contribution in [0, 0.1) is 0 Å². The van der Waals surface area contributed by atoms with Crippen LogP contribution in [0.4, 0.5) is 5.69 Å². The molecule has 2 rings (SSSR count). The van der Waals surface area contributed by atoms with Crippen LogP contribution in [0.5, 0.6) is 0 Å². The average molecular weight is 273 g/mol. The fraction of sp³-hybridized carbons (Fsp3) is 0.154. The monoisotopic (exact) mass is 273 g/mol. The summed E-state index contributed by atoms with van der Waals surface area (Å²) in [5, 5.41) is 6.78. The Labute approximate surface area is 115 Å². The van der Waals surface area contributed by atoms with Crippen LogP contribution in [0.1, 0.15) is 6.42 Å². The Bertz CT molecular complexity index is 609. The normalized spacial score (nSPS) is 11.8. The number of nitrogens with one attached hydrogen (secondary N) is 1. The fourth-order valence-electron chi connectivity index (χ4n) is 1.73. The molecule has 0 saturated carbocycles. The lowest BCUT2D eigenvalue weighted by atomic mass is 10.2. The van der Waals surface area contributed by atoms with Gasteiger partial charge in [-0.2, -0.15) is 5.10 Å². The molecule has 5 N–H and O–H groups in total. The molecule has 0 aliphatic carbocycles. The van der Waals surface area contributed by atoms with Crippen LogP contribution in [0.25, 0.3) is 5.69 Å². The average Bonchev–Trinajstić information content (AvgIpc) is 2.92. The Balaban J connectivity index is 2.18. The van der Waals surface area contributed by atoms with E-state index >= 15 is 0 Å². The predicted octanol–water partition coefficient (Wildman–Crippen LogP) is 0.0135. The molecule has 7 heteroatoms. The van der Waals surface area contributed by atoms with Crippen molar-refractivity contribution in [1.82, 2.24) is 9.78 Å². The Morgan fingerprint density at radius 3 is 2.70 bits per heavy atom. The summed E-state index contributed by atoms with van der Waals surface area (Å²) in [4.78, 5) is 22.7. The molecular formula is C13H15N5O2. The van der Waals surface area contributed by atoms with Crippen molar-refractivity contribution in [1.29, 1.82) is 0 Å². The molecule has 0 spiro atoms. The van der Waals surface area contributed by atoms with Gasteiger partial charge in [-0.1, -0.05) is 12.1 Å². The van der Waals surface area contributed by atoms with Crippen molar-refractivity contribution < 1.29 is 9.59 Å². The zero-order chi connectivity index (χ0) is 14.5. The molecule has 0 radical (unpaired) electrons. The molecule has 1 unspecified atom stereocenters. The van der Waals surface area contributed by atoms with Crippen LogP contribution in [0.15, 0.2) is 42.7 Å². The lowest BCUT2D eigenvalue weighted by Gasteiger charge is -2.13. The van der Waals surface area contributed by atoms with E-state index in [0.717, 1.165) is 0 Å². The van der Waals surface area contributed by atoms with E-state index in [0.29, 0.717) is 11.4 Å². The summed E-state index contributed by atoms with van der Waals surface area (Å²) in [7, 11) is 0. The number of rotatable bonds is 5. The molecule has 7 nitrogen and oxygen atoms in total. The third-order valence-electron chi connectivity index (χ3n) is 2.67. The molecule has 2 aromatic rings. The van der Waals surface area contributed by atoms with Crippen molar-refractivity contribution in [3.8, 4) is 5.69 Å². The van der Waals surface area contributed by atoms with Crippen LogP contribution in [0.2, 0.25) is 0 Å². The number of amides is 2. The fourth-order valence-corrected chi connectivity index (χ4v) is 1.73. The van der Waals surface area contributed by atoms with Gasteiger partial charge in [-0.15, -0.1) is 0 Å². The number of nitrogens with zero attached hydrogens (tertiary/aromatic N) is 2. The molecule has 0 fully saturated rings. The lowest BCUT2D eigenvalue weighted by molar-refractivity contribution is -0.123. The summed E-state index contributed by atoms with van der Waals surface area (Å²) >= 11 is 0. The summed E-state index contributed by atoms with van der Waals surface area (Å²) in [6.07, 6.45) is 3.20. The van der Waals surface area contributed by atoms with Gasteiger partial charge < -0.3 is 16.8 Å². The second-order valence-corrected chi connectivity index (χ2v) is 4.23. The van der Waals surface area contributed by atoms with E-state index in [1.807, 2.05) is 12.1 Å². The third kappa shape index (κ3) is 3.21. The molecule has 1 aromatic heterocycles. The van der Waals surface area contributed by atoms with E-state index in [-0.39, 0.29) is 6.42 Å². The summed E-state index contributed by atoms with van der Waals surface area (Å²) in [5.41, 5.74) is 11.9.